The van der Waals surface area contributed by atoms with Gasteiger partial charge in [-0.1, -0.05) is 0 Å². The second-order valence-corrected chi connectivity index (χ2v) is 8.49. The lowest BCUT2D eigenvalue weighted by Gasteiger charge is -2.26. The third kappa shape index (κ3) is 5.21. The Balaban J connectivity index is 0.00000280. The number of anilines is 1. The van der Waals surface area contributed by atoms with Gasteiger partial charge in [-0.05, 0) is 43.7 Å². The molecule has 0 saturated carbocycles. The standard InChI is InChI=1S/C17H23N3O6S.ClH/c21-16(12-19-7-1-2-15(19)17(22)23)18-13-3-5-14(6-4-13)27(24,25)20-8-10-26-11-9-20;/h3-6,15H,1-2,7-12H2,(H,18,21)(H,22,23);1H/t15-;/m0./s1. The molecule has 2 aliphatic heterocycles. The summed E-state index contributed by atoms with van der Waals surface area (Å²) in [6.45, 7) is 1.96. The van der Waals surface area contributed by atoms with Gasteiger partial charge in [-0.3, -0.25) is 14.5 Å². The summed E-state index contributed by atoms with van der Waals surface area (Å²) in [6, 6.07) is 5.34. The highest BCUT2D eigenvalue weighted by atomic mass is 35.5. The van der Waals surface area contributed by atoms with E-state index >= 15 is 0 Å². The lowest BCUT2D eigenvalue weighted by atomic mass is 10.2. The zero-order valence-corrected chi connectivity index (χ0v) is 16.9. The smallest absolute Gasteiger partial charge is 0.320 e. The Morgan fingerprint density at radius 1 is 1.14 bits per heavy atom. The van der Waals surface area contributed by atoms with Gasteiger partial charge in [0, 0.05) is 18.8 Å². The van der Waals surface area contributed by atoms with Crippen LogP contribution in [-0.2, 0) is 24.3 Å². The molecule has 0 aromatic heterocycles. The average molecular weight is 434 g/mol. The summed E-state index contributed by atoms with van der Waals surface area (Å²) < 4.78 is 31.7. The van der Waals surface area contributed by atoms with E-state index in [1.54, 1.807) is 4.90 Å². The molecule has 2 aliphatic rings. The predicted molar refractivity (Wildman–Crippen MR) is 104 cm³/mol. The van der Waals surface area contributed by atoms with Crippen LogP contribution in [0.15, 0.2) is 29.2 Å². The molecule has 156 valence electrons. The van der Waals surface area contributed by atoms with Gasteiger partial charge < -0.3 is 15.2 Å². The van der Waals surface area contributed by atoms with Gasteiger partial charge in [-0.15, -0.1) is 12.4 Å². The Labute approximate surface area is 170 Å². The second-order valence-electron chi connectivity index (χ2n) is 6.56. The van der Waals surface area contributed by atoms with Crippen LogP contribution >= 0.6 is 12.4 Å². The zero-order valence-electron chi connectivity index (χ0n) is 15.2. The van der Waals surface area contributed by atoms with E-state index in [0.717, 1.165) is 6.42 Å². The maximum absolute atomic E-state index is 12.6. The Morgan fingerprint density at radius 3 is 2.39 bits per heavy atom. The van der Waals surface area contributed by atoms with Crippen molar-refractivity contribution in [3.8, 4) is 0 Å². The summed E-state index contributed by atoms with van der Waals surface area (Å²) in [5, 5.41) is 11.8. The maximum atomic E-state index is 12.6. The summed E-state index contributed by atoms with van der Waals surface area (Å²) in [4.78, 5) is 25.1. The summed E-state index contributed by atoms with van der Waals surface area (Å²) in [5.74, 6) is -1.25. The normalized spacial score (nSPS) is 21.1. The minimum Gasteiger partial charge on any atom is -0.480 e. The average Bonchev–Trinajstić information content (AvgIpc) is 3.11. The van der Waals surface area contributed by atoms with Crippen LogP contribution in [0.5, 0.6) is 0 Å². The third-order valence-corrected chi connectivity index (χ3v) is 6.65. The first kappa shape index (κ1) is 22.6. The van der Waals surface area contributed by atoms with Crippen molar-refractivity contribution in [2.24, 2.45) is 0 Å². The van der Waals surface area contributed by atoms with Crippen molar-refractivity contribution in [3.05, 3.63) is 24.3 Å². The minimum atomic E-state index is -3.58. The van der Waals surface area contributed by atoms with E-state index in [1.807, 2.05) is 0 Å². The van der Waals surface area contributed by atoms with E-state index < -0.39 is 22.0 Å². The Morgan fingerprint density at radius 2 is 1.79 bits per heavy atom. The monoisotopic (exact) mass is 433 g/mol. The fourth-order valence-corrected chi connectivity index (χ4v) is 4.73. The van der Waals surface area contributed by atoms with Crippen molar-refractivity contribution in [3.63, 3.8) is 0 Å². The SMILES string of the molecule is Cl.O=C(CN1CCC[C@H]1C(=O)O)Nc1ccc(S(=O)(=O)N2CCOCC2)cc1. The summed E-state index contributed by atoms with van der Waals surface area (Å²) in [7, 11) is -3.58. The third-order valence-electron chi connectivity index (χ3n) is 4.74. The van der Waals surface area contributed by atoms with Gasteiger partial charge in [0.05, 0.1) is 24.7 Å². The van der Waals surface area contributed by atoms with E-state index in [0.29, 0.717) is 45.0 Å². The highest BCUT2D eigenvalue weighted by molar-refractivity contribution is 7.89. The molecule has 1 atom stereocenters. The van der Waals surface area contributed by atoms with Crippen molar-refractivity contribution in [1.29, 1.82) is 0 Å². The van der Waals surface area contributed by atoms with Crippen molar-refractivity contribution in [2.45, 2.75) is 23.8 Å². The number of benzene rings is 1. The van der Waals surface area contributed by atoms with Crippen molar-refractivity contribution >= 4 is 40.0 Å². The predicted octanol–water partition coefficient (Wildman–Crippen LogP) is 0.617. The number of sulfonamides is 1. The molecule has 28 heavy (non-hydrogen) atoms. The highest BCUT2D eigenvalue weighted by Crippen LogP contribution is 2.20. The molecular weight excluding hydrogens is 410 g/mol. The largest absolute Gasteiger partial charge is 0.480 e. The van der Waals surface area contributed by atoms with Gasteiger partial charge in [0.25, 0.3) is 0 Å². The molecule has 2 N–H and O–H groups in total. The molecule has 0 aliphatic carbocycles. The van der Waals surface area contributed by atoms with Gasteiger partial charge in [-0.2, -0.15) is 4.31 Å². The number of hydrogen-bond donors (Lipinski definition) is 2. The number of carboxylic acids is 1. The van der Waals surface area contributed by atoms with Crippen molar-refractivity contribution < 1.29 is 27.9 Å². The number of hydrogen-bond acceptors (Lipinski definition) is 6. The molecule has 0 radical (unpaired) electrons. The molecule has 2 saturated heterocycles. The number of halogens is 1. The van der Waals surface area contributed by atoms with Crippen LogP contribution < -0.4 is 5.32 Å². The molecular formula is C17H24ClN3O6S. The summed E-state index contributed by atoms with van der Waals surface area (Å²) in [6.07, 6.45) is 1.29. The van der Waals surface area contributed by atoms with Gasteiger partial charge in [0.2, 0.25) is 15.9 Å². The maximum Gasteiger partial charge on any atom is 0.320 e. The number of rotatable bonds is 6. The van der Waals surface area contributed by atoms with Gasteiger partial charge in [0.15, 0.2) is 0 Å². The quantitative estimate of drug-likeness (QED) is 0.675. The first-order valence-corrected chi connectivity index (χ1v) is 10.3. The van der Waals surface area contributed by atoms with Crippen LogP contribution in [0.2, 0.25) is 0 Å². The van der Waals surface area contributed by atoms with Crippen LogP contribution in [0.3, 0.4) is 0 Å². The van der Waals surface area contributed by atoms with Gasteiger partial charge in [0.1, 0.15) is 6.04 Å². The van der Waals surface area contributed by atoms with E-state index in [4.69, 9.17) is 9.84 Å². The molecule has 11 heteroatoms. The van der Waals surface area contributed by atoms with E-state index in [1.165, 1.54) is 28.6 Å². The topological polar surface area (TPSA) is 116 Å². The van der Waals surface area contributed by atoms with Crippen LogP contribution in [0.4, 0.5) is 5.69 Å². The number of carbonyl (C=O) groups excluding carboxylic acids is 1. The Kier molecular flexibility index (Phi) is 7.79. The number of nitrogens with zero attached hydrogens (tertiary/aromatic N) is 2. The fraction of sp³-hybridized carbons (Fsp3) is 0.529. The number of likely N-dealkylation sites (tertiary alicyclic amines) is 1. The molecule has 0 unspecified atom stereocenters. The van der Waals surface area contributed by atoms with E-state index in [2.05, 4.69) is 5.32 Å². The zero-order chi connectivity index (χ0) is 19.4. The Hall–Kier alpha value is -1.72. The number of ether oxygens (including phenoxy) is 1. The molecule has 0 spiro atoms. The molecule has 2 heterocycles. The lowest BCUT2D eigenvalue weighted by molar-refractivity contribution is -0.142. The van der Waals surface area contributed by atoms with Crippen LogP contribution in [0.1, 0.15) is 12.8 Å². The summed E-state index contributed by atoms with van der Waals surface area (Å²) >= 11 is 0. The molecule has 0 bridgehead atoms. The second kappa shape index (κ2) is 9.66. The molecule has 1 amide bonds. The van der Waals surface area contributed by atoms with Crippen molar-refractivity contribution in [1.82, 2.24) is 9.21 Å². The van der Waals surface area contributed by atoms with E-state index in [-0.39, 0.29) is 29.8 Å². The summed E-state index contributed by atoms with van der Waals surface area (Å²) in [5.41, 5.74) is 0.465. The number of carboxylic acid groups (broad SMARTS) is 1. The number of nitrogens with one attached hydrogen (secondary N) is 1. The minimum absolute atomic E-state index is 0. The molecule has 3 rings (SSSR count). The number of morpholine rings is 1. The molecule has 1 aromatic rings. The van der Waals surface area contributed by atoms with E-state index in [9.17, 15) is 18.0 Å². The van der Waals surface area contributed by atoms with Crippen LogP contribution in [0.25, 0.3) is 0 Å². The number of carbonyl (C=O) groups is 2. The highest BCUT2D eigenvalue weighted by Gasteiger charge is 2.31. The van der Waals surface area contributed by atoms with Gasteiger partial charge in [-0.25, -0.2) is 8.42 Å². The Bertz CT molecular complexity index is 796. The molecule has 9 nitrogen and oxygen atoms in total. The lowest BCUT2D eigenvalue weighted by Crippen LogP contribution is -2.41. The van der Waals surface area contributed by atoms with Crippen LogP contribution in [-0.4, -0.2) is 80.0 Å². The van der Waals surface area contributed by atoms with Crippen molar-refractivity contribution in [2.75, 3.05) is 44.7 Å². The molecule has 1 aromatic carbocycles. The van der Waals surface area contributed by atoms with Crippen LogP contribution in [0, 0.1) is 0 Å². The molecule has 2 fully saturated rings. The number of aliphatic carboxylic acids is 1. The van der Waals surface area contributed by atoms with Gasteiger partial charge >= 0.3 is 5.97 Å². The fourth-order valence-electron chi connectivity index (χ4n) is 3.33. The first-order valence-electron chi connectivity index (χ1n) is 8.82. The number of amides is 1. The first-order chi connectivity index (χ1) is 12.9.